The average Bonchev–Trinajstić information content (AvgIpc) is 2.91. The quantitative estimate of drug-likeness (QED) is 0.714. The number of Topliss-reactive ketones (excluding diaryl/α,β-unsaturated/α-hetero) is 1. The third kappa shape index (κ3) is 2.15. The van der Waals surface area contributed by atoms with Crippen LogP contribution in [0, 0.1) is 24.7 Å². The van der Waals surface area contributed by atoms with Crippen LogP contribution in [0.1, 0.15) is 48.0 Å². The smallest absolute Gasteiger partial charge is 0.163 e. The fraction of sp³-hybridized carbons (Fsp3) is 0.562. The second kappa shape index (κ2) is 4.29. The van der Waals surface area contributed by atoms with Crippen LogP contribution in [0.25, 0.3) is 0 Å². The minimum absolute atomic E-state index is 0.350. The zero-order valence-corrected chi connectivity index (χ0v) is 10.5. The van der Waals surface area contributed by atoms with Crippen LogP contribution < -0.4 is 0 Å². The van der Waals surface area contributed by atoms with E-state index in [1.54, 1.807) is 0 Å². The predicted octanol–water partition coefficient (Wildman–Crippen LogP) is 4.00. The molecule has 0 aromatic heterocycles. The summed E-state index contributed by atoms with van der Waals surface area (Å²) >= 11 is 0. The molecule has 0 N–H and O–H groups in total. The van der Waals surface area contributed by atoms with Gasteiger partial charge in [0.2, 0.25) is 0 Å². The van der Waals surface area contributed by atoms with Gasteiger partial charge in [-0.25, -0.2) is 0 Å². The van der Waals surface area contributed by atoms with Crippen LogP contribution in [-0.2, 0) is 0 Å². The minimum Gasteiger partial charge on any atom is -0.294 e. The Bertz CT molecular complexity index is 418. The van der Waals surface area contributed by atoms with Gasteiger partial charge in [-0.1, -0.05) is 36.2 Å². The van der Waals surface area contributed by atoms with Gasteiger partial charge < -0.3 is 0 Å². The van der Waals surface area contributed by atoms with Gasteiger partial charge in [-0.05, 0) is 43.9 Å². The molecule has 1 nitrogen and oxygen atoms in total. The van der Waals surface area contributed by atoms with E-state index in [1.165, 1.54) is 31.2 Å². The Labute approximate surface area is 103 Å². The molecule has 17 heavy (non-hydrogen) atoms. The molecule has 0 saturated heterocycles. The van der Waals surface area contributed by atoms with Gasteiger partial charge in [0.1, 0.15) is 0 Å². The monoisotopic (exact) mass is 228 g/mol. The summed E-state index contributed by atoms with van der Waals surface area (Å²) < 4.78 is 0. The fourth-order valence-electron chi connectivity index (χ4n) is 3.72. The van der Waals surface area contributed by atoms with E-state index in [-0.39, 0.29) is 0 Å². The number of ketones is 1. The maximum absolute atomic E-state index is 12.2. The molecule has 0 amide bonds. The molecule has 0 radical (unpaired) electrons. The Morgan fingerprint density at radius 1 is 1.18 bits per heavy atom. The van der Waals surface area contributed by atoms with Crippen molar-refractivity contribution in [3.05, 3.63) is 35.4 Å². The predicted molar refractivity (Wildman–Crippen MR) is 69.1 cm³/mol. The number of benzene rings is 1. The van der Waals surface area contributed by atoms with Crippen LogP contribution in [0.4, 0.5) is 0 Å². The third-order valence-electron chi connectivity index (χ3n) is 4.71. The van der Waals surface area contributed by atoms with E-state index in [4.69, 9.17) is 0 Å². The summed E-state index contributed by atoms with van der Waals surface area (Å²) in [5, 5.41) is 0. The molecule has 90 valence electrons. The molecule has 1 heteroatoms. The molecule has 2 saturated carbocycles. The number of hydrogen-bond donors (Lipinski definition) is 0. The van der Waals surface area contributed by atoms with Gasteiger partial charge in [0, 0.05) is 12.0 Å². The van der Waals surface area contributed by atoms with E-state index in [2.05, 4.69) is 6.92 Å². The van der Waals surface area contributed by atoms with E-state index in [0.717, 1.165) is 23.8 Å². The van der Waals surface area contributed by atoms with Crippen molar-refractivity contribution in [2.75, 3.05) is 0 Å². The van der Waals surface area contributed by atoms with Crippen molar-refractivity contribution in [2.24, 2.45) is 17.8 Å². The Morgan fingerprint density at radius 2 is 1.94 bits per heavy atom. The fourth-order valence-corrected chi connectivity index (χ4v) is 3.72. The van der Waals surface area contributed by atoms with Crippen molar-refractivity contribution >= 4 is 5.78 Å². The highest BCUT2D eigenvalue weighted by atomic mass is 16.1. The van der Waals surface area contributed by atoms with Crippen molar-refractivity contribution in [1.29, 1.82) is 0 Å². The molecule has 2 bridgehead atoms. The van der Waals surface area contributed by atoms with Crippen molar-refractivity contribution in [2.45, 2.75) is 39.0 Å². The topological polar surface area (TPSA) is 17.1 Å². The van der Waals surface area contributed by atoms with Crippen molar-refractivity contribution < 1.29 is 4.79 Å². The van der Waals surface area contributed by atoms with Gasteiger partial charge in [0.15, 0.2) is 5.78 Å². The summed E-state index contributed by atoms with van der Waals surface area (Å²) in [6, 6.07) is 8.03. The number of aryl methyl sites for hydroxylation is 1. The molecule has 2 aliphatic rings. The summed E-state index contributed by atoms with van der Waals surface area (Å²) in [4.78, 5) is 12.2. The number of hydrogen-bond acceptors (Lipinski definition) is 1. The molecular formula is C16H20O. The molecule has 1 aromatic carbocycles. The van der Waals surface area contributed by atoms with Crippen molar-refractivity contribution in [1.82, 2.24) is 0 Å². The summed E-state index contributed by atoms with van der Waals surface area (Å²) in [5.74, 6) is 2.83. The van der Waals surface area contributed by atoms with E-state index >= 15 is 0 Å². The molecule has 3 atom stereocenters. The first-order valence-corrected chi connectivity index (χ1v) is 6.82. The number of fused-ring (bicyclic) bond motifs is 2. The maximum Gasteiger partial charge on any atom is 0.163 e. The molecule has 2 fully saturated rings. The first-order chi connectivity index (χ1) is 8.22. The van der Waals surface area contributed by atoms with Crippen molar-refractivity contribution in [3.8, 4) is 0 Å². The molecule has 3 rings (SSSR count). The zero-order valence-electron chi connectivity index (χ0n) is 10.5. The molecule has 0 aliphatic heterocycles. The van der Waals surface area contributed by atoms with Crippen LogP contribution in [-0.4, -0.2) is 5.78 Å². The van der Waals surface area contributed by atoms with Gasteiger partial charge in [0.25, 0.3) is 0 Å². The lowest BCUT2D eigenvalue weighted by Gasteiger charge is -2.20. The third-order valence-corrected chi connectivity index (χ3v) is 4.71. The van der Waals surface area contributed by atoms with E-state index in [1.807, 2.05) is 24.3 Å². The number of carbonyl (C=O) groups excluding carboxylic acids is 1. The van der Waals surface area contributed by atoms with E-state index in [0.29, 0.717) is 11.7 Å². The molecule has 3 unspecified atom stereocenters. The first-order valence-electron chi connectivity index (χ1n) is 6.82. The average molecular weight is 228 g/mol. The summed E-state index contributed by atoms with van der Waals surface area (Å²) in [7, 11) is 0. The van der Waals surface area contributed by atoms with Gasteiger partial charge >= 0.3 is 0 Å². The second-order valence-electron chi connectivity index (χ2n) is 5.93. The summed E-state index contributed by atoms with van der Waals surface area (Å²) in [5.41, 5.74) is 2.12. The standard InChI is InChI=1S/C16H20O/c1-11-2-5-13(6-3-11)16(17)10-15-9-12-4-7-14(15)8-12/h2-3,5-6,12,14-15H,4,7-10H2,1H3. The van der Waals surface area contributed by atoms with E-state index < -0.39 is 0 Å². The van der Waals surface area contributed by atoms with Crippen LogP contribution >= 0.6 is 0 Å². The van der Waals surface area contributed by atoms with Crippen LogP contribution in [0.2, 0.25) is 0 Å². The van der Waals surface area contributed by atoms with Crippen molar-refractivity contribution in [3.63, 3.8) is 0 Å². The number of rotatable bonds is 3. The number of carbonyl (C=O) groups is 1. The highest BCUT2D eigenvalue weighted by Gasteiger charge is 2.40. The molecular weight excluding hydrogens is 208 g/mol. The first kappa shape index (κ1) is 11.0. The zero-order chi connectivity index (χ0) is 11.8. The highest BCUT2D eigenvalue weighted by molar-refractivity contribution is 5.96. The molecule has 0 spiro atoms. The van der Waals surface area contributed by atoms with Gasteiger partial charge in [-0.15, -0.1) is 0 Å². The Kier molecular flexibility index (Phi) is 2.78. The Hall–Kier alpha value is -1.11. The lowest BCUT2D eigenvalue weighted by molar-refractivity contribution is 0.0944. The molecule has 1 aromatic rings. The van der Waals surface area contributed by atoms with E-state index in [9.17, 15) is 4.79 Å². The lowest BCUT2D eigenvalue weighted by atomic mass is 9.84. The second-order valence-corrected chi connectivity index (χ2v) is 5.93. The summed E-state index contributed by atoms with van der Waals surface area (Å²) in [6.07, 6.45) is 6.27. The van der Waals surface area contributed by atoms with Gasteiger partial charge in [0.05, 0.1) is 0 Å². The molecule has 2 aliphatic carbocycles. The van der Waals surface area contributed by atoms with Crippen LogP contribution in [0.5, 0.6) is 0 Å². The van der Waals surface area contributed by atoms with Gasteiger partial charge in [-0.3, -0.25) is 4.79 Å². The largest absolute Gasteiger partial charge is 0.294 e. The Balaban J connectivity index is 1.65. The van der Waals surface area contributed by atoms with Crippen LogP contribution in [0.15, 0.2) is 24.3 Å². The SMILES string of the molecule is Cc1ccc(C(=O)CC2CC3CCC2C3)cc1. The minimum atomic E-state index is 0.350. The normalized spacial score (nSPS) is 30.8. The van der Waals surface area contributed by atoms with Gasteiger partial charge in [-0.2, -0.15) is 0 Å². The lowest BCUT2D eigenvalue weighted by Crippen LogP contribution is -2.15. The Morgan fingerprint density at radius 3 is 2.53 bits per heavy atom. The van der Waals surface area contributed by atoms with Crippen LogP contribution in [0.3, 0.4) is 0 Å². The highest BCUT2D eigenvalue weighted by Crippen LogP contribution is 2.49. The molecule has 0 heterocycles. The summed E-state index contributed by atoms with van der Waals surface area (Å²) in [6.45, 7) is 2.06. The maximum atomic E-state index is 12.2.